The van der Waals surface area contributed by atoms with E-state index in [1.54, 1.807) is 0 Å². The highest BCUT2D eigenvalue weighted by atomic mass is 35.5. The standard InChI is InChI=1S/C17H26ClN3/c1-19-12-14-6-5-7-16(18)17(14)21-11-8-15(13-21)20-9-3-2-4-10-20/h5-7,15,19H,2-4,8-13H2,1H3. The predicted octanol–water partition coefficient (Wildman–Crippen LogP) is 3.12. The summed E-state index contributed by atoms with van der Waals surface area (Å²) >= 11 is 6.50. The minimum absolute atomic E-state index is 0.712. The van der Waals surface area contributed by atoms with E-state index in [9.17, 15) is 0 Å². The number of anilines is 1. The maximum Gasteiger partial charge on any atom is 0.0642 e. The van der Waals surface area contributed by atoms with Crippen LogP contribution in [0.5, 0.6) is 0 Å². The van der Waals surface area contributed by atoms with Crippen LogP contribution < -0.4 is 10.2 Å². The molecule has 0 saturated carbocycles. The third-order valence-electron chi connectivity index (χ3n) is 4.82. The number of likely N-dealkylation sites (tertiary alicyclic amines) is 1. The number of hydrogen-bond acceptors (Lipinski definition) is 3. The molecule has 1 aromatic rings. The smallest absolute Gasteiger partial charge is 0.0642 e. The number of para-hydroxylation sites is 1. The highest BCUT2D eigenvalue weighted by Gasteiger charge is 2.30. The van der Waals surface area contributed by atoms with Crippen molar-refractivity contribution in [3.05, 3.63) is 28.8 Å². The Morgan fingerprint density at radius 2 is 2.00 bits per heavy atom. The molecule has 0 bridgehead atoms. The van der Waals surface area contributed by atoms with Crippen molar-refractivity contribution < 1.29 is 0 Å². The van der Waals surface area contributed by atoms with Crippen molar-refractivity contribution in [3.63, 3.8) is 0 Å². The number of nitrogens with one attached hydrogen (secondary N) is 1. The van der Waals surface area contributed by atoms with Gasteiger partial charge >= 0.3 is 0 Å². The summed E-state index contributed by atoms with van der Waals surface area (Å²) in [7, 11) is 1.99. The molecule has 0 aliphatic carbocycles. The fraction of sp³-hybridized carbons (Fsp3) is 0.647. The third-order valence-corrected chi connectivity index (χ3v) is 5.13. The molecule has 2 fully saturated rings. The zero-order valence-corrected chi connectivity index (χ0v) is 13.7. The van der Waals surface area contributed by atoms with Crippen molar-refractivity contribution in [3.8, 4) is 0 Å². The Labute approximate surface area is 133 Å². The maximum atomic E-state index is 6.50. The number of rotatable bonds is 4. The van der Waals surface area contributed by atoms with Gasteiger partial charge in [0.25, 0.3) is 0 Å². The van der Waals surface area contributed by atoms with Crippen LogP contribution >= 0.6 is 11.6 Å². The van der Waals surface area contributed by atoms with Crippen molar-refractivity contribution in [2.75, 3.05) is 38.1 Å². The van der Waals surface area contributed by atoms with E-state index in [2.05, 4.69) is 27.2 Å². The molecular formula is C17H26ClN3. The van der Waals surface area contributed by atoms with E-state index in [0.717, 1.165) is 24.7 Å². The summed E-state index contributed by atoms with van der Waals surface area (Å²) in [5.41, 5.74) is 2.55. The molecule has 3 rings (SSSR count). The van der Waals surface area contributed by atoms with Gasteiger partial charge in [0.2, 0.25) is 0 Å². The van der Waals surface area contributed by atoms with E-state index >= 15 is 0 Å². The van der Waals surface area contributed by atoms with Gasteiger partial charge in [-0.05, 0) is 51.0 Å². The minimum atomic E-state index is 0.712. The molecule has 0 amide bonds. The number of nitrogens with zero attached hydrogens (tertiary/aromatic N) is 2. The molecule has 4 heteroatoms. The summed E-state index contributed by atoms with van der Waals surface area (Å²) in [4.78, 5) is 5.19. The number of hydrogen-bond donors (Lipinski definition) is 1. The molecule has 1 unspecified atom stereocenters. The van der Waals surface area contributed by atoms with Gasteiger partial charge in [0, 0.05) is 25.7 Å². The van der Waals surface area contributed by atoms with Crippen molar-refractivity contribution in [2.24, 2.45) is 0 Å². The molecule has 0 radical (unpaired) electrons. The first kappa shape index (κ1) is 15.1. The molecule has 2 saturated heterocycles. The molecule has 3 nitrogen and oxygen atoms in total. The second kappa shape index (κ2) is 6.99. The van der Waals surface area contributed by atoms with Crippen molar-refractivity contribution in [1.29, 1.82) is 0 Å². The Balaban J connectivity index is 1.73. The number of piperidine rings is 1. The van der Waals surface area contributed by atoms with Gasteiger partial charge in [0.05, 0.1) is 10.7 Å². The second-order valence-electron chi connectivity index (χ2n) is 6.26. The largest absolute Gasteiger partial charge is 0.368 e. The molecule has 2 aliphatic rings. The first-order chi connectivity index (χ1) is 10.3. The Kier molecular flexibility index (Phi) is 5.04. The fourth-order valence-electron chi connectivity index (χ4n) is 3.77. The minimum Gasteiger partial charge on any atom is -0.368 e. The molecule has 1 aromatic carbocycles. The fourth-order valence-corrected chi connectivity index (χ4v) is 4.09. The first-order valence-electron chi connectivity index (χ1n) is 8.20. The molecule has 2 heterocycles. The van der Waals surface area contributed by atoms with E-state index in [1.165, 1.54) is 50.0 Å². The normalized spacial score (nSPS) is 23.7. The molecule has 21 heavy (non-hydrogen) atoms. The molecule has 0 spiro atoms. The summed E-state index contributed by atoms with van der Waals surface area (Å²) in [5.74, 6) is 0. The number of halogens is 1. The van der Waals surface area contributed by atoms with E-state index in [4.69, 9.17) is 11.6 Å². The average Bonchev–Trinajstić information content (AvgIpc) is 2.98. The Hall–Kier alpha value is -0.770. The summed E-state index contributed by atoms with van der Waals surface area (Å²) in [6.07, 6.45) is 5.41. The monoisotopic (exact) mass is 307 g/mol. The summed E-state index contributed by atoms with van der Waals surface area (Å²) in [5, 5.41) is 4.14. The lowest BCUT2D eigenvalue weighted by molar-refractivity contribution is 0.175. The summed E-state index contributed by atoms with van der Waals surface area (Å²) in [6, 6.07) is 6.97. The van der Waals surface area contributed by atoms with Crippen molar-refractivity contribution >= 4 is 17.3 Å². The van der Waals surface area contributed by atoms with Crippen LogP contribution in [0.25, 0.3) is 0 Å². The van der Waals surface area contributed by atoms with E-state index < -0.39 is 0 Å². The lowest BCUT2D eigenvalue weighted by Crippen LogP contribution is -2.41. The van der Waals surface area contributed by atoms with Gasteiger partial charge in [-0.2, -0.15) is 0 Å². The SMILES string of the molecule is CNCc1cccc(Cl)c1N1CCC(N2CCCCC2)C1. The summed E-state index contributed by atoms with van der Waals surface area (Å²) in [6.45, 7) is 5.69. The van der Waals surface area contributed by atoms with Crippen molar-refractivity contribution in [2.45, 2.75) is 38.3 Å². The van der Waals surface area contributed by atoms with Gasteiger partial charge in [-0.3, -0.25) is 4.90 Å². The Morgan fingerprint density at radius 3 is 2.76 bits per heavy atom. The first-order valence-corrected chi connectivity index (χ1v) is 8.58. The van der Waals surface area contributed by atoms with Gasteiger partial charge < -0.3 is 10.2 Å². The van der Waals surface area contributed by atoms with Crippen LogP contribution in [0, 0.1) is 0 Å². The lowest BCUT2D eigenvalue weighted by Gasteiger charge is -2.32. The van der Waals surface area contributed by atoms with E-state index in [0.29, 0.717) is 6.04 Å². The van der Waals surface area contributed by atoms with E-state index in [-0.39, 0.29) is 0 Å². The zero-order valence-electron chi connectivity index (χ0n) is 12.9. The molecule has 0 aromatic heterocycles. The Bertz CT molecular complexity index is 471. The molecule has 116 valence electrons. The quantitative estimate of drug-likeness (QED) is 0.922. The topological polar surface area (TPSA) is 18.5 Å². The van der Waals surface area contributed by atoms with E-state index in [1.807, 2.05) is 13.1 Å². The van der Waals surface area contributed by atoms with Crippen LogP contribution in [0.15, 0.2) is 18.2 Å². The van der Waals surface area contributed by atoms with Crippen LogP contribution in [0.2, 0.25) is 5.02 Å². The second-order valence-corrected chi connectivity index (χ2v) is 6.67. The van der Waals surface area contributed by atoms with Gasteiger partial charge in [0.15, 0.2) is 0 Å². The van der Waals surface area contributed by atoms with Crippen LogP contribution in [-0.2, 0) is 6.54 Å². The highest BCUT2D eigenvalue weighted by molar-refractivity contribution is 6.33. The molecule has 2 aliphatic heterocycles. The van der Waals surface area contributed by atoms with Crippen molar-refractivity contribution in [1.82, 2.24) is 10.2 Å². The maximum absolute atomic E-state index is 6.50. The van der Waals surface area contributed by atoms with Gasteiger partial charge in [-0.1, -0.05) is 30.2 Å². The van der Waals surface area contributed by atoms with Crippen LogP contribution in [0.4, 0.5) is 5.69 Å². The number of benzene rings is 1. The molecular weight excluding hydrogens is 282 g/mol. The highest BCUT2D eigenvalue weighted by Crippen LogP contribution is 2.33. The van der Waals surface area contributed by atoms with Crippen LogP contribution in [0.1, 0.15) is 31.2 Å². The average molecular weight is 308 g/mol. The molecule has 1 atom stereocenters. The molecule has 1 N–H and O–H groups in total. The zero-order chi connectivity index (χ0) is 14.7. The Morgan fingerprint density at radius 1 is 1.19 bits per heavy atom. The van der Waals surface area contributed by atoms with Crippen LogP contribution in [0.3, 0.4) is 0 Å². The van der Waals surface area contributed by atoms with Gasteiger partial charge in [0.1, 0.15) is 0 Å². The van der Waals surface area contributed by atoms with Gasteiger partial charge in [-0.25, -0.2) is 0 Å². The predicted molar refractivity (Wildman–Crippen MR) is 90.3 cm³/mol. The summed E-state index contributed by atoms with van der Waals surface area (Å²) < 4.78 is 0. The van der Waals surface area contributed by atoms with Gasteiger partial charge in [-0.15, -0.1) is 0 Å². The third kappa shape index (κ3) is 3.36. The van der Waals surface area contributed by atoms with Crippen LogP contribution in [-0.4, -0.2) is 44.2 Å². The lowest BCUT2D eigenvalue weighted by atomic mass is 10.1.